The minimum absolute atomic E-state index is 0.0120. The van der Waals surface area contributed by atoms with Gasteiger partial charge in [0.15, 0.2) is 0 Å². The van der Waals surface area contributed by atoms with E-state index in [0.29, 0.717) is 26.2 Å². The molecule has 2 amide bonds. The minimum Gasteiger partial charge on any atom is -0.380 e. The van der Waals surface area contributed by atoms with Gasteiger partial charge in [-0.1, -0.05) is 26.7 Å². The lowest BCUT2D eigenvalue weighted by Crippen LogP contribution is -2.74. The average molecular weight is 296 g/mol. The molecule has 120 valence electrons. The fourth-order valence-corrected chi connectivity index (χ4v) is 3.43. The third-order valence-corrected chi connectivity index (χ3v) is 5.05. The van der Waals surface area contributed by atoms with Gasteiger partial charge in [0.05, 0.1) is 6.61 Å². The molecule has 2 aliphatic rings. The molecule has 1 saturated heterocycles. The van der Waals surface area contributed by atoms with Crippen molar-refractivity contribution in [2.24, 2.45) is 0 Å². The number of rotatable bonds is 6. The highest BCUT2D eigenvalue weighted by molar-refractivity contribution is 6.02. The normalized spacial score (nSPS) is 28.2. The number of hydrogen-bond donors (Lipinski definition) is 1. The van der Waals surface area contributed by atoms with E-state index >= 15 is 0 Å². The van der Waals surface area contributed by atoms with E-state index in [0.717, 1.165) is 32.1 Å². The molecule has 2 rings (SSSR count). The lowest BCUT2D eigenvalue weighted by atomic mass is 9.83. The molecule has 1 atom stereocenters. The van der Waals surface area contributed by atoms with Crippen LogP contribution in [0.4, 0.5) is 0 Å². The summed E-state index contributed by atoms with van der Waals surface area (Å²) in [6.45, 7) is 7.57. The van der Waals surface area contributed by atoms with E-state index in [1.54, 1.807) is 4.90 Å². The fourth-order valence-electron chi connectivity index (χ4n) is 3.43. The van der Waals surface area contributed by atoms with Gasteiger partial charge in [-0.15, -0.1) is 0 Å². The third-order valence-electron chi connectivity index (χ3n) is 5.05. The zero-order valence-corrected chi connectivity index (χ0v) is 13.5. The maximum Gasteiger partial charge on any atom is 0.249 e. The Hall–Kier alpha value is -1.10. The Kier molecular flexibility index (Phi) is 4.91. The molecule has 21 heavy (non-hydrogen) atoms. The van der Waals surface area contributed by atoms with Crippen molar-refractivity contribution < 1.29 is 14.3 Å². The van der Waals surface area contributed by atoms with Crippen molar-refractivity contribution in [3.05, 3.63) is 0 Å². The Morgan fingerprint density at radius 2 is 1.86 bits per heavy atom. The number of amides is 2. The highest BCUT2D eigenvalue weighted by Crippen LogP contribution is 2.38. The summed E-state index contributed by atoms with van der Waals surface area (Å²) in [6.07, 6.45) is 5.13. The van der Waals surface area contributed by atoms with Gasteiger partial charge in [0, 0.05) is 13.2 Å². The molecule has 1 saturated carbocycles. The second-order valence-corrected chi connectivity index (χ2v) is 6.44. The summed E-state index contributed by atoms with van der Waals surface area (Å²) in [4.78, 5) is 27.4. The Labute approximate surface area is 127 Å². The SMILES string of the molecule is CCCOCCN1C(=O)C2(CCCC2)NC(=O)C1(C)CC. The van der Waals surface area contributed by atoms with Crippen LogP contribution >= 0.6 is 0 Å². The molecule has 0 aromatic carbocycles. The molecule has 1 spiro atoms. The van der Waals surface area contributed by atoms with Crippen LogP contribution in [0, 0.1) is 0 Å². The second-order valence-electron chi connectivity index (χ2n) is 6.44. The molecule has 0 aromatic rings. The smallest absolute Gasteiger partial charge is 0.249 e. The van der Waals surface area contributed by atoms with Gasteiger partial charge in [0.25, 0.3) is 0 Å². The molecule has 5 heteroatoms. The highest BCUT2D eigenvalue weighted by atomic mass is 16.5. The van der Waals surface area contributed by atoms with E-state index in [-0.39, 0.29) is 11.8 Å². The zero-order chi connectivity index (χ0) is 15.5. The Bertz CT molecular complexity index is 404. The third kappa shape index (κ3) is 2.80. The fraction of sp³-hybridized carbons (Fsp3) is 0.875. The number of nitrogens with one attached hydrogen (secondary N) is 1. The van der Waals surface area contributed by atoms with E-state index in [2.05, 4.69) is 12.2 Å². The standard InChI is InChI=1S/C16H28N2O3/c1-4-11-21-12-10-18-14(20)16(8-6-7-9-16)17-13(19)15(18,3)5-2/h4-12H2,1-3H3,(H,17,19). The van der Waals surface area contributed by atoms with Crippen molar-refractivity contribution >= 4 is 11.8 Å². The van der Waals surface area contributed by atoms with Gasteiger partial charge in [-0.05, 0) is 32.6 Å². The van der Waals surface area contributed by atoms with E-state index in [9.17, 15) is 9.59 Å². The maximum absolute atomic E-state index is 13.0. The van der Waals surface area contributed by atoms with Crippen molar-refractivity contribution in [1.82, 2.24) is 10.2 Å². The van der Waals surface area contributed by atoms with Crippen molar-refractivity contribution in [3.63, 3.8) is 0 Å². The van der Waals surface area contributed by atoms with Crippen LogP contribution < -0.4 is 5.32 Å². The Balaban J connectivity index is 2.17. The van der Waals surface area contributed by atoms with Gasteiger partial charge in [0.1, 0.15) is 11.1 Å². The molecule has 1 aliphatic heterocycles. The van der Waals surface area contributed by atoms with Crippen molar-refractivity contribution in [2.45, 2.75) is 70.4 Å². The van der Waals surface area contributed by atoms with Crippen LogP contribution in [0.1, 0.15) is 59.3 Å². The Morgan fingerprint density at radius 1 is 1.19 bits per heavy atom. The number of ether oxygens (including phenoxy) is 1. The molecule has 0 bridgehead atoms. The van der Waals surface area contributed by atoms with E-state index in [1.807, 2.05) is 13.8 Å². The predicted molar refractivity (Wildman–Crippen MR) is 80.9 cm³/mol. The van der Waals surface area contributed by atoms with E-state index in [1.165, 1.54) is 0 Å². The molecule has 1 unspecified atom stereocenters. The van der Waals surface area contributed by atoms with Crippen molar-refractivity contribution in [3.8, 4) is 0 Å². The van der Waals surface area contributed by atoms with Gasteiger partial charge in [-0.2, -0.15) is 0 Å². The summed E-state index contributed by atoms with van der Waals surface area (Å²) in [5.41, 5.74) is -1.39. The summed E-state index contributed by atoms with van der Waals surface area (Å²) < 4.78 is 5.53. The largest absolute Gasteiger partial charge is 0.380 e. The number of nitrogens with zero attached hydrogens (tertiary/aromatic N) is 1. The van der Waals surface area contributed by atoms with Crippen LogP contribution in [-0.2, 0) is 14.3 Å². The summed E-state index contributed by atoms with van der Waals surface area (Å²) in [6, 6.07) is 0. The molecule has 1 heterocycles. The molecular formula is C16H28N2O3. The Morgan fingerprint density at radius 3 is 2.43 bits per heavy atom. The summed E-state index contributed by atoms with van der Waals surface area (Å²) in [5, 5.41) is 3.04. The number of hydrogen-bond acceptors (Lipinski definition) is 3. The molecule has 0 radical (unpaired) electrons. The van der Waals surface area contributed by atoms with Crippen LogP contribution in [0.5, 0.6) is 0 Å². The molecule has 5 nitrogen and oxygen atoms in total. The van der Waals surface area contributed by atoms with E-state index in [4.69, 9.17) is 4.74 Å². The lowest BCUT2D eigenvalue weighted by molar-refractivity contribution is -0.163. The van der Waals surface area contributed by atoms with Crippen molar-refractivity contribution in [2.75, 3.05) is 19.8 Å². The molecule has 0 aromatic heterocycles. The van der Waals surface area contributed by atoms with Gasteiger partial charge in [-0.25, -0.2) is 0 Å². The number of piperazine rings is 1. The molecular weight excluding hydrogens is 268 g/mol. The van der Waals surface area contributed by atoms with Gasteiger partial charge >= 0.3 is 0 Å². The topological polar surface area (TPSA) is 58.6 Å². The maximum atomic E-state index is 13.0. The summed E-state index contributed by atoms with van der Waals surface area (Å²) in [7, 11) is 0. The first kappa shape index (κ1) is 16.3. The van der Waals surface area contributed by atoms with Crippen LogP contribution in [0.25, 0.3) is 0 Å². The highest BCUT2D eigenvalue weighted by Gasteiger charge is 2.56. The summed E-state index contributed by atoms with van der Waals surface area (Å²) in [5.74, 6) is 0.0750. The minimum atomic E-state index is -0.750. The van der Waals surface area contributed by atoms with Crippen LogP contribution in [-0.4, -0.2) is 47.6 Å². The van der Waals surface area contributed by atoms with Gasteiger partial charge in [-0.3, -0.25) is 9.59 Å². The first-order valence-corrected chi connectivity index (χ1v) is 8.22. The van der Waals surface area contributed by atoms with Crippen LogP contribution in [0.2, 0.25) is 0 Å². The van der Waals surface area contributed by atoms with Gasteiger partial charge < -0.3 is 15.0 Å². The zero-order valence-electron chi connectivity index (χ0n) is 13.5. The molecule has 1 aliphatic carbocycles. The monoisotopic (exact) mass is 296 g/mol. The first-order valence-electron chi connectivity index (χ1n) is 8.22. The number of carbonyl (C=O) groups is 2. The second kappa shape index (κ2) is 6.34. The van der Waals surface area contributed by atoms with Crippen LogP contribution in [0.3, 0.4) is 0 Å². The average Bonchev–Trinajstić information content (AvgIpc) is 2.94. The first-order chi connectivity index (χ1) is 10.00. The molecule has 2 fully saturated rings. The number of carbonyl (C=O) groups excluding carboxylic acids is 2. The van der Waals surface area contributed by atoms with Gasteiger partial charge in [0.2, 0.25) is 11.8 Å². The van der Waals surface area contributed by atoms with E-state index < -0.39 is 11.1 Å². The van der Waals surface area contributed by atoms with Crippen LogP contribution in [0.15, 0.2) is 0 Å². The predicted octanol–water partition coefficient (Wildman–Crippen LogP) is 1.85. The lowest BCUT2D eigenvalue weighted by Gasteiger charge is -2.50. The van der Waals surface area contributed by atoms with Crippen molar-refractivity contribution in [1.29, 1.82) is 0 Å². The molecule has 1 N–H and O–H groups in total. The quantitative estimate of drug-likeness (QED) is 0.761. The summed E-state index contributed by atoms with van der Waals surface area (Å²) >= 11 is 0.